The first-order valence-corrected chi connectivity index (χ1v) is 6.24. The number of benzene rings is 2. The number of anilines is 2. The Balaban J connectivity index is 2.46. The molecule has 0 fully saturated rings. The number of rotatable bonds is 3. The van der Waals surface area contributed by atoms with Gasteiger partial charge in [0.05, 0.1) is 5.69 Å². The quantitative estimate of drug-likeness (QED) is 0.651. The zero-order chi connectivity index (χ0) is 14.0. The number of nitrogens with one attached hydrogen (secondary N) is 1. The van der Waals surface area contributed by atoms with Crippen LogP contribution in [0.25, 0.3) is 0 Å². The van der Waals surface area contributed by atoms with Gasteiger partial charge in [-0.25, -0.2) is 0 Å². The zero-order valence-corrected chi connectivity index (χ0v) is 11.6. The molecule has 0 radical (unpaired) electrons. The predicted molar refractivity (Wildman–Crippen MR) is 81.4 cm³/mol. The second-order valence-corrected chi connectivity index (χ2v) is 4.83. The molecule has 0 heterocycles. The lowest BCUT2D eigenvalue weighted by Crippen LogP contribution is -2.18. The van der Waals surface area contributed by atoms with E-state index in [9.17, 15) is 0 Å². The molecule has 3 N–H and O–H groups in total. The molecule has 2 aromatic carbocycles. The summed E-state index contributed by atoms with van der Waals surface area (Å²) < 4.78 is 0. The fraction of sp³-hybridized carbons (Fsp3) is 0.188. The van der Waals surface area contributed by atoms with Crippen molar-refractivity contribution in [1.29, 1.82) is 5.41 Å². The Bertz CT molecular complexity index is 600. The van der Waals surface area contributed by atoms with Crippen LogP contribution in [0.1, 0.15) is 16.7 Å². The van der Waals surface area contributed by atoms with E-state index in [0.717, 1.165) is 22.5 Å². The van der Waals surface area contributed by atoms with E-state index in [1.54, 1.807) is 0 Å². The normalized spacial score (nSPS) is 10.3. The first-order chi connectivity index (χ1) is 8.99. The maximum atomic E-state index is 7.71. The number of hydrogen-bond acceptors (Lipinski definition) is 2. The van der Waals surface area contributed by atoms with E-state index in [-0.39, 0.29) is 5.84 Å². The summed E-state index contributed by atoms with van der Waals surface area (Å²) in [4.78, 5) is 2.05. The van der Waals surface area contributed by atoms with Crippen LogP contribution in [0.3, 0.4) is 0 Å². The van der Waals surface area contributed by atoms with E-state index in [2.05, 4.69) is 36.1 Å². The van der Waals surface area contributed by atoms with Gasteiger partial charge in [0.25, 0.3) is 0 Å². The van der Waals surface area contributed by atoms with Crippen LogP contribution in [0.15, 0.2) is 42.5 Å². The highest BCUT2D eigenvalue weighted by Crippen LogP contribution is 2.27. The van der Waals surface area contributed by atoms with Gasteiger partial charge in [-0.1, -0.05) is 29.3 Å². The van der Waals surface area contributed by atoms with Gasteiger partial charge >= 0.3 is 0 Å². The Labute approximate surface area is 114 Å². The highest BCUT2D eigenvalue weighted by atomic mass is 15.1. The van der Waals surface area contributed by atoms with Crippen LogP contribution in [0.5, 0.6) is 0 Å². The van der Waals surface area contributed by atoms with Crippen molar-refractivity contribution < 1.29 is 0 Å². The van der Waals surface area contributed by atoms with Gasteiger partial charge in [0.15, 0.2) is 0 Å². The minimum atomic E-state index is 0.0951. The molecule has 19 heavy (non-hydrogen) atoms. The Morgan fingerprint density at radius 2 is 1.58 bits per heavy atom. The van der Waals surface area contributed by atoms with E-state index in [1.165, 1.54) is 5.56 Å². The molecule has 0 aliphatic heterocycles. The summed E-state index contributed by atoms with van der Waals surface area (Å²) in [6.07, 6.45) is 0. The van der Waals surface area contributed by atoms with E-state index < -0.39 is 0 Å². The molecule has 0 saturated heterocycles. The third kappa shape index (κ3) is 2.76. The molecule has 0 unspecified atom stereocenters. The maximum Gasteiger partial charge on any atom is 0.124 e. The first kappa shape index (κ1) is 13.1. The molecular weight excluding hydrogens is 234 g/mol. The van der Waals surface area contributed by atoms with Gasteiger partial charge in [0.1, 0.15) is 5.84 Å². The number of amidine groups is 1. The molecule has 0 amide bonds. The van der Waals surface area contributed by atoms with Crippen LogP contribution in [0.2, 0.25) is 0 Å². The molecule has 3 nitrogen and oxygen atoms in total. The second-order valence-electron chi connectivity index (χ2n) is 4.83. The van der Waals surface area contributed by atoms with Crippen molar-refractivity contribution in [3.05, 3.63) is 59.2 Å². The van der Waals surface area contributed by atoms with Gasteiger partial charge in [-0.05, 0) is 38.1 Å². The van der Waals surface area contributed by atoms with Crippen LogP contribution in [0, 0.1) is 19.3 Å². The van der Waals surface area contributed by atoms with Crippen molar-refractivity contribution in [2.45, 2.75) is 13.8 Å². The van der Waals surface area contributed by atoms with Gasteiger partial charge in [-0.15, -0.1) is 0 Å². The predicted octanol–water partition coefficient (Wildman–Crippen LogP) is 3.36. The SMILES string of the molecule is Cc1ccc(N(C)c2ccc(C)cc2C(=N)N)cc1. The standard InChI is InChI=1S/C16H19N3/c1-11-4-7-13(8-5-11)19(3)15-9-6-12(2)10-14(15)16(17)18/h4-10H,1-3H3,(H3,17,18). The number of aryl methyl sites for hydroxylation is 2. The van der Waals surface area contributed by atoms with Crippen LogP contribution in [0.4, 0.5) is 11.4 Å². The van der Waals surface area contributed by atoms with Crippen molar-refractivity contribution in [3.8, 4) is 0 Å². The monoisotopic (exact) mass is 253 g/mol. The molecule has 98 valence electrons. The summed E-state index contributed by atoms with van der Waals surface area (Å²) in [6, 6.07) is 14.3. The topological polar surface area (TPSA) is 53.1 Å². The summed E-state index contributed by atoms with van der Waals surface area (Å²) >= 11 is 0. The lowest BCUT2D eigenvalue weighted by Gasteiger charge is -2.22. The van der Waals surface area contributed by atoms with E-state index in [4.69, 9.17) is 11.1 Å². The maximum absolute atomic E-state index is 7.71. The van der Waals surface area contributed by atoms with E-state index in [1.807, 2.05) is 32.2 Å². The van der Waals surface area contributed by atoms with Crippen molar-refractivity contribution in [2.24, 2.45) is 5.73 Å². The van der Waals surface area contributed by atoms with Crippen LogP contribution >= 0.6 is 0 Å². The highest BCUT2D eigenvalue weighted by Gasteiger charge is 2.11. The molecular formula is C16H19N3. The highest BCUT2D eigenvalue weighted by molar-refractivity contribution is 6.01. The molecule has 0 aromatic heterocycles. The summed E-state index contributed by atoms with van der Waals surface area (Å²) in [5.74, 6) is 0.0951. The van der Waals surface area contributed by atoms with Gasteiger partial charge in [0.2, 0.25) is 0 Å². The Morgan fingerprint density at radius 3 is 2.16 bits per heavy atom. The summed E-state index contributed by atoms with van der Waals surface area (Å²) in [5.41, 5.74) is 10.8. The fourth-order valence-corrected chi connectivity index (χ4v) is 2.07. The Kier molecular flexibility index (Phi) is 3.56. The molecule has 0 aliphatic rings. The first-order valence-electron chi connectivity index (χ1n) is 6.24. The number of nitrogens with zero attached hydrogens (tertiary/aromatic N) is 1. The molecule has 0 spiro atoms. The van der Waals surface area contributed by atoms with Crippen molar-refractivity contribution in [2.75, 3.05) is 11.9 Å². The third-order valence-corrected chi connectivity index (χ3v) is 3.22. The molecule has 2 rings (SSSR count). The summed E-state index contributed by atoms with van der Waals surface area (Å²) in [6.45, 7) is 4.07. The second kappa shape index (κ2) is 5.14. The number of hydrogen-bond donors (Lipinski definition) is 2. The molecule has 0 atom stereocenters. The third-order valence-electron chi connectivity index (χ3n) is 3.22. The van der Waals surface area contributed by atoms with Gasteiger partial charge in [-0.2, -0.15) is 0 Å². The van der Waals surface area contributed by atoms with Crippen molar-refractivity contribution in [1.82, 2.24) is 0 Å². The van der Waals surface area contributed by atoms with E-state index >= 15 is 0 Å². The molecule has 0 aliphatic carbocycles. The average molecular weight is 253 g/mol. The lowest BCUT2D eigenvalue weighted by molar-refractivity contribution is 1.19. The van der Waals surface area contributed by atoms with Crippen molar-refractivity contribution in [3.63, 3.8) is 0 Å². The zero-order valence-electron chi connectivity index (χ0n) is 11.6. The molecule has 0 bridgehead atoms. The largest absolute Gasteiger partial charge is 0.384 e. The van der Waals surface area contributed by atoms with Gasteiger partial charge in [-0.3, -0.25) is 5.41 Å². The number of nitrogen functional groups attached to an aromatic ring is 1. The lowest BCUT2D eigenvalue weighted by atomic mass is 10.1. The summed E-state index contributed by atoms with van der Waals surface area (Å²) in [7, 11) is 1.99. The Hall–Kier alpha value is -2.29. The summed E-state index contributed by atoms with van der Waals surface area (Å²) in [5, 5.41) is 7.71. The van der Waals surface area contributed by atoms with Crippen LogP contribution < -0.4 is 10.6 Å². The number of nitrogens with two attached hydrogens (primary N) is 1. The Morgan fingerprint density at radius 1 is 1.00 bits per heavy atom. The van der Waals surface area contributed by atoms with Crippen molar-refractivity contribution >= 4 is 17.2 Å². The minimum absolute atomic E-state index is 0.0951. The molecule has 0 saturated carbocycles. The van der Waals surface area contributed by atoms with Crippen LogP contribution in [-0.4, -0.2) is 12.9 Å². The van der Waals surface area contributed by atoms with E-state index in [0.29, 0.717) is 0 Å². The van der Waals surface area contributed by atoms with Gasteiger partial charge < -0.3 is 10.6 Å². The van der Waals surface area contributed by atoms with Crippen LogP contribution in [-0.2, 0) is 0 Å². The minimum Gasteiger partial charge on any atom is -0.384 e. The molecule has 2 aromatic rings. The molecule has 3 heteroatoms. The smallest absolute Gasteiger partial charge is 0.124 e. The van der Waals surface area contributed by atoms with Gasteiger partial charge in [0, 0.05) is 18.3 Å². The fourth-order valence-electron chi connectivity index (χ4n) is 2.07. The average Bonchev–Trinajstić information content (AvgIpc) is 2.38.